The predicted octanol–water partition coefficient (Wildman–Crippen LogP) is 9.51. The van der Waals surface area contributed by atoms with Crippen molar-refractivity contribution in [1.82, 2.24) is 5.32 Å². The van der Waals surface area contributed by atoms with Crippen LogP contribution in [0.3, 0.4) is 0 Å². The van der Waals surface area contributed by atoms with E-state index in [0.29, 0.717) is 34.9 Å². The Kier molecular flexibility index (Phi) is 8.90. The molecule has 7 atom stereocenters. The predicted molar refractivity (Wildman–Crippen MR) is 175 cm³/mol. The van der Waals surface area contributed by atoms with Crippen LogP contribution in [0.1, 0.15) is 138 Å². The minimum absolute atomic E-state index is 0.0710. The van der Waals surface area contributed by atoms with E-state index in [2.05, 4.69) is 66.1 Å². The van der Waals surface area contributed by atoms with Gasteiger partial charge in [-0.25, -0.2) is 0 Å². The topological polar surface area (TPSA) is 46.2 Å². The Labute approximate surface area is 258 Å². The van der Waals surface area contributed by atoms with Crippen molar-refractivity contribution in [1.29, 1.82) is 0 Å². The summed E-state index contributed by atoms with van der Waals surface area (Å²) in [6, 6.07) is 0. The van der Waals surface area contributed by atoms with Crippen LogP contribution in [-0.2, 0) is 9.59 Å². The first-order valence-corrected chi connectivity index (χ1v) is 17.8. The fourth-order valence-corrected chi connectivity index (χ4v) is 11.9. The Hall–Kier alpha value is -1.22. The van der Waals surface area contributed by atoms with E-state index < -0.39 is 0 Å². The van der Waals surface area contributed by atoms with Crippen molar-refractivity contribution in [2.75, 3.05) is 13.6 Å². The first-order chi connectivity index (χ1) is 19.7. The van der Waals surface area contributed by atoms with Gasteiger partial charge < -0.3 is 10.1 Å². The third kappa shape index (κ3) is 5.34. The molecule has 4 fully saturated rings. The fourth-order valence-electron chi connectivity index (χ4n) is 11.9. The zero-order valence-corrected chi connectivity index (χ0v) is 28.5. The summed E-state index contributed by atoms with van der Waals surface area (Å²) in [6.45, 7) is 17.5. The molecule has 7 unspecified atom stereocenters. The lowest BCUT2D eigenvalue weighted by Crippen LogP contribution is -2.60. The van der Waals surface area contributed by atoms with Gasteiger partial charge in [-0.15, -0.1) is 0 Å². The number of carbonyl (C=O) groups excluding carboxylic acids is 2. The SMILES string of the molecule is CC1=CC2(C)C(CCC3(C)C4CCC5(C=O)CCC(C)(C)CC5C4=CCC23)C(C)(C)C1=O.CNCC1CCCCCC1. The molecule has 0 spiro atoms. The van der Waals surface area contributed by atoms with E-state index in [1.165, 1.54) is 70.6 Å². The van der Waals surface area contributed by atoms with E-state index in [4.69, 9.17) is 0 Å². The summed E-state index contributed by atoms with van der Waals surface area (Å²) in [7, 11) is 2.06. The summed E-state index contributed by atoms with van der Waals surface area (Å²) in [5.74, 6) is 3.37. The van der Waals surface area contributed by atoms with Crippen LogP contribution in [0.5, 0.6) is 0 Å². The van der Waals surface area contributed by atoms with Gasteiger partial charge in [0.25, 0.3) is 0 Å². The number of rotatable bonds is 3. The Balaban J connectivity index is 0.000000300. The van der Waals surface area contributed by atoms with Crippen molar-refractivity contribution < 1.29 is 9.59 Å². The smallest absolute Gasteiger partial charge is 0.164 e. The number of hydrogen-bond acceptors (Lipinski definition) is 3. The molecule has 0 aromatic rings. The second-order valence-corrected chi connectivity index (χ2v) is 17.6. The summed E-state index contributed by atoms with van der Waals surface area (Å²) in [5.41, 5.74) is 2.90. The van der Waals surface area contributed by atoms with Crippen LogP contribution >= 0.6 is 0 Å². The zero-order chi connectivity index (χ0) is 30.6. The minimum atomic E-state index is -0.272. The average molecular weight is 578 g/mol. The summed E-state index contributed by atoms with van der Waals surface area (Å²) >= 11 is 0. The second kappa shape index (κ2) is 11.6. The van der Waals surface area contributed by atoms with Gasteiger partial charge >= 0.3 is 0 Å². The molecule has 6 aliphatic carbocycles. The summed E-state index contributed by atoms with van der Waals surface area (Å²) in [6.07, 6.45) is 24.2. The molecule has 0 amide bonds. The van der Waals surface area contributed by atoms with Crippen LogP contribution in [0.4, 0.5) is 0 Å². The van der Waals surface area contributed by atoms with Crippen LogP contribution < -0.4 is 5.32 Å². The van der Waals surface area contributed by atoms with Crippen molar-refractivity contribution in [3.8, 4) is 0 Å². The van der Waals surface area contributed by atoms with Crippen LogP contribution in [0.2, 0.25) is 0 Å². The standard InChI is InChI=1S/C30H44O2.C9H19N/c1-19-16-29(7)23(27(4,5)25(19)32)11-12-28(6)21-10-13-30(18-31)15-14-26(2,3)17-22(30)20(21)8-9-24(28)29;1-10-8-9-6-4-2-3-5-7-9/h8,16,18,21-24H,9-15,17H2,1-7H3;9-10H,2-8H2,1H3. The normalized spacial score (nSPS) is 42.6. The molecule has 42 heavy (non-hydrogen) atoms. The molecular formula is C39H63NO2. The maximum atomic E-state index is 13.1. The van der Waals surface area contributed by atoms with E-state index in [9.17, 15) is 9.59 Å². The van der Waals surface area contributed by atoms with Gasteiger partial charge in [0.05, 0.1) is 0 Å². The highest BCUT2D eigenvalue weighted by Gasteiger charge is 2.64. The summed E-state index contributed by atoms with van der Waals surface area (Å²) in [5, 5.41) is 3.27. The van der Waals surface area contributed by atoms with Gasteiger partial charge in [0.15, 0.2) is 5.78 Å². The number of fused-ring (bicyclic) bond motifs is 7. The van der Waals surface area contributed by atoms with Crippen molar-refractivity contribution in [2.45, 2.75) is 138 Å². The number of allylic oxidation sites excluding steroid dienone is 4. The molecule has 0 aliphatic heterocycles. The quantitative estimate of drug-likeness (QED) is 0.206. The number of hydrogen-bond donors (Lipinski definition) is 1. The van der Waals surface area contributed by atoms with Crippen LogP contribution in [0.15, 0.2) is 23.3 Å². The largest absolute Gasteiger partial charge is 0.319 e. The molecular weight excluding hydrogens is 514 g/mol. The third-order valence-corrected chi connectivity index (χ3v) is 14.1. The van der Waals surface area contributed by atoms with Gasteiger partial charge in [0, 0.05) is 10.8 Å². The number of nitrogens with one attached hydrogen (secondary N) is 1. The first kappa shape index (κ1) is 32.2. The molecule has 0 radical (unpaired) electrons. The summed E-state index contributed by atoms with van der Waals surface area (Å²) < 4.78 is 0. The number of carbonyl (C=O) groups is 2. The van der Waals surface area contributed by atoms with Gasteiger partial charge in [-0.05, 0) is 136 Å². The van der Waals surface area contributed by atoms with Crippen molar-refractivity contribution >= 4 is 12.1 Å². The molecule has 0 heterocycles. The maximum Gasteiger partial charge on any atom is 0.164 e. The highest BCUT2D eigenvalue weighted by Crippen LogP contribution is 2.71. The van der Waals surface area contributed by atoms with Crippen LogP contribution in [0.25, 0.3) is 0 Å². The molecule has 3 heteroatoms. The lowest BCUT2D eigenvalue weighted by Gasteiger charge is -2.66. The van der Waals surface area contributed by atoms with Crippen LogP contribution in [-0.4, -0.2) is 25.7 Å². The molecule has 0 saturated heterocycles. The average Bonchev–Trinajstić information content (AvgIpc) is 3.20. The Morgan fingerprint density at radius 1 is 0.857 bits per heavy atom. The molecule has 6 aliphatic rings. The number of ketones is 1. The molecule has 6 rings (SSSR count). The Bertz CT molecular complexity index is 1090. The highest BCUT2D eigenvalue weighted by atomic mass is 16.1. The van der Waals surface area contributed by atoms with Crippen molar-refractivity contribution in [3.63, 3.8) is 0 Å². The van der Waals surface area contributed by atoms with E-state index in [1.807, 2.05) is 6.92 Å². The first-order valence-electron chi connectivity index (χ1n) is 17.8. The van der Waals surface area contributed by atoms with E-state index in [-0.39, 0.29) is 21.7 Å². The summed E-state index contributed by atoms with van der Waals surface area (Å²) in [4.78, 5) is 25.6. The number of Topliss-reactive ketones (excluding diaryl/α,β-unsaturated/α-hetero) is 1. The number of aldehydes is 1. The molecule has 1 N–H and O–H groups in total. The highest BCUT2D eigenvalue weighted by molar-refractivity contribution is 6.00. The lowest BCUT2D eigenvalue weighted by atomic mass is 9.38. The molecule has 0 bridgehead atoms. The van der Waals surface area contributed by atoms with E-state index in [1.54, 1.807) is 5.57 Å². The lowest BCUT2D eigenvalue weighted by molar-refractivity contribution is -0.147. The minimum Gasteiger partial charge on any atom is -0.319 e. The van der Waals surface area contributed by atoms with Gasteiger partial charge in [0.2, 0.25) is 0 Å². The van der Waals surface area contributed by atoms with Gasteiger partial charge in [0.1, 0.15) is 6.29 Å². The van der Waals surface area contributed by atoms with Gasteiger partial charge in [-0.3, -0.25) is 4.79 Å². The molecule has 0 aromatic carbocycles. The fraction of sp³-hybridized carbons (Fsp3) is 0.846. The van der Waals surface area contributed by atoms with Crippen molar-refractivity contribution in [3.05, 3.63) is 23.3 Å². The molecule has 4 saturated carbocycles. The van der Waals surface area contributed by atoms with E-state index >= 15 is 0 Å². The van der Waals surface area contributed by atoms with Gasteiger partial charge in [-0.2, -0.15) is 0 Å². The Morgan fingerprint density at radius 2 is 1.55 bits per heavy atom. The Morgan fingerprint density at radius 3 is 2.19 bits per heavy atom. The monoisotopic (exact) mass is 577 g/mol. The van der Waals surface area contributed by atoms with Crippen LogP contribution in [0, 0.1) is 56.7 Å². The maximum absolute atomic E-state index is 13.1. The van der Waals surface area contributed by atoms with Crippen molar-refractivity contribution in [2.24, 2.45) is 56.7 Å². The molecule has 236 valence electrons. The second-order valence-electron chi connectivity index (χ2n) is 17.6. The zero-order valence-electron chi connectivity index (χ0n) is 28.5. The van der Waals surface area contributed by atoms with E-state index in [0.717, 1.165) is 43.6 Å². The third-order valence-electron chi connectivity index (χ3n) is 14.1. The van der Waals surface area contributed by atoms with Gasteiger partial charge in [-0.1, -0.05) is 85.0 Å². The molecule has 0 aromatic heterocycles. The molecule has 3 nitrogen and oxygen atoms in total.